The van der Waals surface area contributed by atoms with Crippen molar-refractivity contribution >= 4 is 15.3 Å². The third-order valence-corrected chi connectivity index (χ3v) is 2.62. The fourth-order valence-electron chi connectivity index (χ4n) is 1.12. The first-order valence-electron chi connectivity index (χ1n) is 4.12. The Morgan fingerprint density at radius 2 is 1.93 bits per heavy atom. The third kappa shape index (κ3) is 2.41. The second-order valence-electron chi connectivity index (χ2n) is 2.71. The quantitative estimate of drug-likeness (QED) is 0.661. The maximum atomic E-state index is 10.8. The second-order valence-corrected chi connectivity index (χ2v) is 3.59. The van der Waals surface area contributed by atoms with Crippen molar-refractivity contribution < 1.29 is 8.42 Å². The molecule has 0 fully saturated rings. The monoisotopic (exact) mass is 212 g/mol. The second kappa shape index (κ2) is 4.90. The Morgan fingerprint density at radius 1 is 1.36 bits per heavy atom. The zero-order chi connectivity index (χ0) is 10.6. The van der Waals surface area contributed by atoms with Gasteiger partial charge >= 0.3 is 0 Å². The number of benzene rings is 1. The van der Waals surface area contributed by atoms with E-state index < -0.39 is 10.3 Å². The molecule has 3 N–H and O–H groups in total. The van der Waals surface area contributed by atoms with Gasteiger partial charge < -0.3 is 5.73 Å². The minimum Gasteiger partial charge on any atom is -0.326 e. The van der Waals surface area contributed by atoms with Gasteiger partial charge in [-0.1, -0.05) is 24.3 Å². The highest BCUT2D eigenvalue weighted by atomic mass is 32.2. The third-order valence-electron chi connectivity index (χ3n) is 1.85. The van der Waals surface area contributed by atoms with Crippen LogP contribution < -0.4 is 11.1 Å². The fourth-order valence-corrected chi connectivity index (χ4v) is 1.61. The number of nitrogens with one attached hydrogen (secondary N) is 1. The van der Waals surface area contributed by atoms with Crippen LogP contribution in [-0.4, -0.2) is 20.5 Å². The lowest BCUT2D eigenvalue weighted by atomic mass is 10.1. The lowest BCUT2D eigenvalue weighted by molar-refractivity contribution is 0.626. The van der Waals surface area contributed by atoms with Crippen LogP contribution in [0.2, 0.25) is 0 Å². The number of nitrogens with two attached hydrogens (primary N) is 1. The predicted molar refractivity (Wildman–Crippen MR) is 56.4 cm³/mol. The van der Waals surface area contributed by atoms with Gasteiger partial charge in [0, 0.05) is 12.1 Å². The Bertz CT molecular complexity index is 426. The average molecular weight is 212 g/mol. The summed E-state index contributed by atoms with van der Waals surface area (Å²) in [5.74, 6) is 0. The largest absolute Gasteiger partial charge is 0.326 e. The first-order valence-corrected chi connectivity index (χ1v) is 5.20. The summed E-state index contributed by atoms with van der Waals surface area (Å²) in [6, 6.07) is 7.06. The van der Waals surface area contributed by atoms with Gasteiger partial charge in [0.2, 0.25) is 10.3 Å². The molecule has 4 nitrogen and oxygen atoms in total. The molecule has 0 aliphatic heterocycles. The molecule has 0 atom stereocenters. The van der Waals surface area contributed by atoms with Crippen LogP contribution in [0.25, 0.3) is 0 Å². The highest BCUT2D eigenvalue weighted by Gasteiger charge is 2.01. The van der Waals surface area contributed by atoms with Crippen molar-refractivity contribution in [3.8, 4) is 0 Å². The molecule has 0 aromatic heterocycles. The van der Waals surface area contributed by atoms with Crippen LogP contribution in [0.5, 0.6) is 0 Å². The van der Waals surface area contributed by atoms with Crippen LogP contribution in [0.3, 0.4) is 0 Å². The molecular weight excluding hydrogens is 200 g/mol. The topological polar surface area (TPSA) is 72.2 Å². The van der Waals surface area contributed by atoms with E-state index in [0.717, 1.165) is 5.56 Å². The molecule has 76 valence electrons. The molecule has 0 radical (unpaired) electrons. The molecular formula is C9H12N2O2S. The number of rotatable bonds is 2. The summed E-state index contributed by atoms with van der Waals surface area (Å²) in [6.07, 6.45) is 0. The summed E-state index contributed by atoms with van der Waals surface area (Å²) < 4.78 is 21.5. The van der Waals surface area contributed by atoms with E-state index in [4.69, 9.17) is 5.73 Å². The van der Waals surface area contributed by atoms with Gasteiger partial charge in [0.1, 0.15) is 4.99 Å². The van der Waals surface area contributed by atoms with Gasteiger partial charge in [-0.05, 0) is 12.6 Å². The normalized spacial score (nSPS) is 9.86. The predicted octanol–water partition coefficient (Wildman–Crippen LogP) is -0.278. The Hall–Kier alpha value is -1.17. The van der Waals surface area contributed by atoms with E-state index in [1.165, 1.54) is 0 Å². The molecule has 1 aromatic carbocycles. The minimum atomic E-state index is -2.24. The minimum absolute atomic E-state index is 0.188. The molecule has 0 bridgehead atoms. The van der Waals surface area contributed by atoms with Crippen molar-refractivity contribution in [1.82, 2.24) is 5.32 Å². The molecule has 0 saturated heterocycles. The SMILES string of the molecule is CNC(c1ccc(CN)cc1)=S(=O)=O. The Morgan fingerprint density at radius 3 is 2.29 bits per heavy atom. The molecule has 0 unspecified atom stereocenters. The lowest BCUT2D eigenvalue weighted by Gasteiger charge is -2.01. The maximum absolute atomic E-state index is 10.8. The van der Waals surface area contributed by atoms with E-state index in [2.05, 4.69) is 5.32 Å². The van der Waals surface area contributed by atoms with Gasteiger partial charge in [-0.2, -0.15) is 8.42 Å². The van der Waals surface area contributed by atoms with Crippen molar-refractivity contribution in [3.63, 3.8) is 0 Å². The number of hydrogen-bond donors (Lipinski definition) is 2. The summed E-state index contributed by atoms with van der Waals surface area (Å²) in [4.78, 5) is 0.188. The van der Waals surface area contributed by atoms with Gasteiger partial charge in [-0.25, -0.2) is 0 Å². The first kappa shape index (κ1) is 10.9. The molecule has 0 aliphatic rings. The molecule has 1 rings (SSSR count). The van der Waals surface area contributed by atoms with Crippen molar-refractivity contribution in [1.29, 1.82) is 0 Å². The van der Waals surface area contributed by atoms with Crippen LogP contribution in [0.1, 0.15) is 11.1 Å². The molecule has 5 heteroatoms. The van der Waals surface area contributed by atoms with Crippen LogP contribution in [0.4, 0.5) is 0 Å². The van der Waals surface area contributed by atoms with Crippen LogP contribution in [0.15, 0.2) is 24.3 Å². The van der Waals surface area contributed by atoms with Gasteiger partial charge in [0.15, 0.2) is 0 Å². The molecule has 0 aliphatic carbocycles. The van der Waals surface area contributed by atoms with Gasteiger partial charge in [0.25, 0.3) is 0 Å². The van der Waals surface area contributed by atoms with Crippen LogP contribution >= 0.6 is 0 Å². The average Bonchev–Trinajstić information content (AvgIpc) is 2.19. The van der Waals surface area contributed by atoms with Gasteiger partial charge in [-0.3, -0.25) is 5.32 Å². The highest BCUT2D eigenvalue weighted by molar-refractivity contribution is 7.73. The van der Waals surface area contributed by atoms with Crippen LogP contribution in [0, 0.1) is 0 Å². The Balaban J connectivity index is 3.15. The van der Waals surface area contributed by atoms with Gasteiger partial charge in [-0.15, -0.1) is 0 Å². The Labute approximate surface area is 84.3 Å². The maximum Gasteiger partial charge on any atom is 0.233 e. The van der Waals surface area contributed by atoms with E-state index in [9.17, 15) is 8.42 Å². The van der Waals surface area contributed by atoms with E-state index in [-0.39, 0.29) is 4.99 Å². The molecule has 0 saturated carbocycles. The summed E-state index contributed by atoms with van der Waals surface area (Å²) in [5, 5.41) is 2.63. The fraction of sp³-hybridized carbons (Fsp3) is 0.222. The zero-order valence-electron chi connectivity index (χ0n) is 7.82. The highest BCUT2D eigenvalue weighted by Crippen LogP contribution is 2.03. The summed E-state index contributed by atoms with van der Waals surface area (Å²) in [5.41, 5.74) is 7.03. The lowest BCUT2D eigenvalue weighted by Crippen LogP contribution is -2.20. The summed E-state index contributed by atoms with van der Waals surface area (Å²) in [7, 11) is -0.667. The van der Waals surface area contributed by atoms with E-state index in [0.29, 0.717) is 12.1 Å². The standard InChI is InChI=1S/C9H12N2O2S/c1-11-9(14(12)13)8-4-2-7(6-10)3-5-8/h2-5,11H,6,10H2,1H3. The molecule has 0 amide bonds. The van der Waals surface area contributed by atoms with Crippen molar-refractivity contribution in [2.75, 3.05) is 7.05 Å². The van der Waals surface area contributed by atoms with E-state index >= 15 is 0 Å². The summed E-state index contributed by atoms with van der Waals surface area (Å²) >= 11 is 0. The zero-order valence-corrected chi connectivity index (χ0v) is 8.64. The molecule has 0 heterocycles. The van der Waals surface area contributed by atoms with E-state index in [1.54, 1.807) is 31.3 Å². The molecule has 0 spiro atoms. The van der Waals surface area contributed by atoms with Gasteiger partial charge in [0.05, 0.1) is 0 Å². The van der Waals surface area contributed by atoms with E-state index in [1.807, 2.05) is 0 Å². The summed E-state index contributed by atoms with van der Waals surface area (Å²) in [6.45, 7) is 0.454. The van der Waals surface area contributed by atoms with Crippen molar-refractivity contribution in [2.24, 2.45) is 5.73 Å². The Kier molecular flexibility index (Phi) is 3.82. The smallest absolute Gasteiger partial charge is 0.233 e. The molecule has 1 aromatic rings. The first-order chi connectivity index (χ1) is 6.69. The van der Waals surface area contributed by atoms with Crippen LogP contribution in [-0.2, 0) is 16.8 Å². The van der Waals surface area contributed by atoms with Crippen molar-refractivity contribution in [2.45, 2.75) is 6.54 Å². The molecule has 14 heavy (non-hydrogen) atoms. The van der Waals surface area contributed by atoms with Crippen molar-refractivity contribution in [3.05, 3.63) is 35.4 Å². The number of hydrogen-bond acceptors (Lipinski definition) is 3.